The van der Waals surface area contributed by atoms with Gasteiger partial charge in [-0.05, 0) is 30.4 Å². The van der Waals surface area contributed by atoms with Gasteiger partial charge in [0.15, 0.2) is 5.11 Å². The van der Waals surface area contributed by atoms with Crippen LogP contribution in [0, 0.1) is 11.7 Å². The summed E-state index contributed by atoms with van der Waals surface area (Å²) in [7, 11) is 1.53. The molecule has 2 aromatic carbocycles. The fourth-order valence-electron chi connectivity index (χ4n) is 3.68. The summed E-state index contributed by atoms with van der Waals surface area (Å²) in [5.41, 5.74) is -0.422. The summed E-state index contributed by atoms with van der Waals surface area (Å²) in [6, 6.07) is 14.8. The fourth-order valence-corrected chi connectivity index (χ4v) is 3.95. The SMILES string of the molecule is COCC1OCC(NC(=S)NC(=O)c2ccccc2)(c2ccccc2F)C1CO. The van der Waals surface area contributed by atoms with Crippen LogP contribution in [-0.2, 0) is 15.0 Å². The Balaban J connectivity index is 1.89. The summed E-state index contributed by atoms with van der Waals surface area (Å²) in [4.78, 5) is 12.4. The van der Waals surface area contributed by atoms with Crippen LogP contribution in [0.25, 0.3) is 0 Å². The van der Waals surface area contributed by atoms with Crippen molar-refractivity contribution in [3.63, 3.8) is 0 Å². The van der Waals surface area contributed by atoms with E-state index in [-0.39, 0.29) is 30.8 Å². The standard InChI is InChI=1S/C21H23FN2O4S/c1-27-12-18-16(11-25)21(13-28-18,15-9-5-6-10-17(15)22)24-20(29)23-19(26)14-7-3-2-4-8-14/h2-10,16,18,25H,11-13H2,1H3,(H2,23,24,26,29). The number of methoxy groups -OCH3 is 1. The number of thiocarbonyl (C=S) groups is 1. The fraction of sp³-hybridized carbons (Fsp3) is 0.333. The van der Waals surface area contributed by atoms with Crippen molar-refractivity contribution in [2.45, 2.75) is 11.6 Å². The molecule has 0 aliphatic carbocycles. The highest BCUT2D eigenvalue weighted by Crippen LogP contribution is 2.40. The Bertz CT molecular complexity index is 867. The molecule has 1 fully saturated rings. The molecule has 3 N–H and O–H groups in total. The van der Waals surface area contributed by atoms with Gasteiger partial charge in [-0.3, -0.25) is 10.1 Å². The van der Waals surface area contributed by atoms with Crippen LogP contribution in [0.1, 0.15) is 15.9 Å². The molecule has 0 bridgehead atoms. The molecule has 8 heteroatoms. The molecule has 3 atom stereocenters. The number of aliphatic hydroxyl groups excluding tert-OH is 1. The third-order valence-corrected chi connectivity index (χ3v) is 5.29. The number of carbonyl (C=O) groups excluding carboxylic acids is 1. The van der Waals surface area contributed by atoms with Crippen molar-refractivity contribution in [2.75, 3.05) is 26.9 Å². The van der Waals surface area contributed by atoms with Crippen LogP contribution < -0.4 is 10.6 Å². The van der Waals surface area contributed by atoms with E-state index in [0.717, 1.165) is 0 Å². The maximum absolute atomic E-state index is 14.7. The quantitative estimate of drug-likeness (QED) is 0.623. The molecule has 2 aromatic rings. The number of nitrogens with one attached hydrogen (secondary N) is 2. The Labute approximate surface area is 174 Å². The number of hydrogen-bond acceptors (Lipinski definition) is 5. The highest BCUT2D eigenvalue weighted by Gasteiger charge is 2.52. The molecule has 1 amide bonds. The van der Waals surface area contributed by atoms with Crippen molar-refractivity contribution in [2.24, 2.45) is 5.92 Å². The average Bonchev–Trinajstić information content (AvgIpc) is 3.06. The Morgan fingerprint density at radius 3 is 2.62 bits per heavy atom. The minimum absolute atomic E-state index is 0.0159. The van der Waals surface area contributed by atoms with Gasteiger partial charge in [0.25, 0.3) is 5.91 Å². The van der Waals surface area contributed by atoms with Crippen molar-refractivity contribution >= 4 is 23.2 Å². The average molecular weight is 418 g/mol. The molecular weight excluding hydrogens is 395 g/mol. The van der Waals surface area contributed by atoms with Gasteiger partial charge < -0.3 is 19.9 Å². The van der Waals surface area contributed by atoms with Crippen LogP contribution >= 0.6 is 12.2 Å². The van der Waals surface area contributed by atoms with Crippen LogP contribution in [0.15, 0.2) is 54.6 Å². The molecule has 3 unspecified atom stereocenters. The Hall–Kier alpha value is -2.39. The van der Waals surface area contributed by atoms with Gasteiger partial charge in [0, 0.05) is 24.2 Å². The van der Waals surface area contributed by atoms with E-state index in [9.17, 15) is 14.3 Å². The minimum atomic E-state index is -1.16. The first-order valence-electron chi connectivity index (χ1n) is 9.16. The first kappa shape index (κ1) is 21.3. The molecule has 3 rings (SSSR count). The lowest BCUT2D eigenvalue weighted by atomic mass is 9.78. The summed E-state index contributed by atoms with van der Waals surface area (Å²) in [6.45, 7) is -0.00855. The van der Waals surface area contributed by atoms with Crippen LogP contribution in [-0.4, -0.2) is 49.2 Å². The molecule has 6 nitrogen and oxygen atoms in total. The lowest BCUT2D eigenvalue weighted by Crippen LogP contribution is -2.57. The summed E-state index contributed by atoms with van der Waals surface area (Å²) in [5.74, 6) is -1.40. The first-order chi connectivity index (χ1) is 14.0. The van der Waals surface area contributed by atoms with Crippen LogP contribution in [0.2, 0.25) is 0 Å². The van der Waals surface area contributed by atoms with E-state index in [1.165, 1.54) is 13.2 Å². The van der Waals surface area contributed by atoms with Gasteiger partial charge >= 0.3 is 0 Å². The Kier molecular flexibility index (Phi) is 6.92. The molecule has 0 aromatic heterocycles. The normalized spacial score (nSPS) is 23.6. The van der Waals surface area contributed by atoms with Gasteiger partial charge in [-0.15, -0.1) is 0 Å². The van der Waals surface area contributed by atoms with Crippen LogP contribution in [0.4, 0.5) is 4.39 Å². The monoisotopic (exact) mass is 418 g/mol. The molecule has 1 heterocycles. The van der Waals surface area contributed by atoms with E-state index < -0.39 is 23.4 Å². The number of rotatable bonds is 6. The van der Waals surface area contributed by atoms with Crippen molar-refractivity contribution in [1.82, 2.24) is 10.6 Å². The Morgan fingerprint density at radius 1 is 1.28 bits per heavy atom. The molecule has 1 aliphatic rings. The zero-order valence-electron chi connectivity index (χ0n) is 15.9. The summed E-state index contributed by atoms with van der Waals surface area (Å²) >= 11 is 5.35. The van der Waals surface area contributed by atoms with Gasteiger partial charge in [0.2, 0.25) is 0 Å². The van der Waals surface area contributed by atoms with Gasteiger partial charge in [-0.25, -0.2) is 4.39 Å². The maximum atomic E-state index is 14.7. The van der Waals surface area contributed by atoms with E-state index in [1.54, 1.807) is 48.5 Å². The second kappa shape index (κ2) is 9.41. The first-order valence-corrected chi connectivity index (χ1v) is 9.57. The molecule has 154 valence electrons. The highest BCUT2D eigenvalue weighted by atomic mass is 32.1. The summed E-state index contributed by atoms with van der Waals surface area (Å²) in [6.07, 6.45) is -0.468. The van der Waals surface area contributed by atoms with Gasteiger partial charge in [0.05, 0.1) is 31.5 Å². The number of aliphatic hydroxyl groups is 1. The molecule has 1 saturated heterocycles. The third-order valence-electron chi connectivity index (χ3n) is 5.09. The maximum Gasteiger partial charge on any atom is 0.257 e. The molecule has 1 aliphatic heterocycles. The number of ether oxygens (including phenoxy) is 2. The predicted octanol–water partition coefficient (Wildman–Crippen LogP) is 1.98. The lowest BCUT2D eigenvalue weighted by Gasteiger charge is -2.37. The van der Waals surface area contributed by atoms with Gasteiger partial charge in [-0.1, -0.05) is 36.4 Å². The van der Waals surface area contributed by atoms with E-state index in [0.29, 0.717) is 11.1 Å². The largest absolute Gasteiger partial charge is 0.396 e. The van der Waals surface area contributed by atoms with Crippen LogP contribution in [0.3, 0.4) is 0 Å². The zero-order chi connectivity index (χ0) is 20.9. The minimum Gasteiger partial charge on any atom is -0.396 e. The van der Waals surface area contributed by atoms with Gasteiger partial charge in [-0.2, -0.15) is 0 Å². The zero-order valence-corrected chi connectivity index (χ0v) is 16.7. The van der Waals surface area contributed by atoms with E-state index in [1.807, 2.05) is 0 Å². The van der Waals surface area contributed by atoms with E-state index >= 15 is 0 Å². The third kappa shape index (κ3) is 4.45. The Morgan fingerprint density at radius 2 is 1.97 bits per heavy atom. The number of hydrogen-bond donors (Lipinski definition) is 3. The summed E-state index contributed by atoms with van der Waals surface area (Å²) in [5, 5.41) is 15.8. The molecular formula is C21H23FN2O4S. The number of carbonyl (C=O) groups is 1. The number of benzene rings is 2. The molecule has 29 heavy (non-hydrogen) atoms. The molecule has 0 saturated carbocycles. The second-order valence-electron chi connectivity index (χ2n) is 6.82. The summed E-state index contributed by atoms with van der Waals surface area (Å²) < 4.78 is 25.8. The topological polar surface area (TPSA) is 79.8 Å². The van der Waals surface area contributed by atoms with E-state index in [2.05, 4.69) is 10.6 Å². The predicted molar refractivity (Wildman–Crippen MR) is 110 cm³/mol. The van der Waals surface area contributed by atoms with Crippen molar-refractivity contribution in [3.8, 4) is 0 Å². The number of halogens is 1. The lowest BCUT2D eigenvalue weighted by molar-refractivity contribution is 0.00949. The van der Waals surface area contributed by atoms with Crippen LogP contribution in [0.5, 0.6) is 0 Å². The number of amides is 1. The van der Waals surface area contributed by atoms with E-state index in [4.69, 9.17) is 21.7 Å². The molecule has 0 radical (unpaired) electrons. The van der Waals surface area contributed by atoms with Gasteiger partial charge in [0.1, 0.15) is 5.82 Å². The smallest absolute Gasteiger partial charge is 0.257 e. The van der Waals surface area contributed by atoms with Crippen molar-refractivity contribution in [3.05, 3.63) is 71.5 Å². The highest BCUT2D eigenvalue weighted by molar-refractivity contribution is 7.80. The van der Waals surface area contributed by atoms with Crippen molar-refractivity contribution in [1.29, 1.82) is 0 Å². The molecule has 0 spiro atoms. The second-order valence-corrected chi connectivity index (χ2v) is 7.23. The van der Waals surface area contributed by atoms with Crippen molar-refractivity contribution < 1.29 is 23.8 Å².